The van der Waals surface area contributed by atoms with Gasteiger partial charge in [0, 0.05) is 25.3 Å². The summed E-state index contributed by atoms with van der Waals surface area (Å²) in [4.78, 5) is 2.41. The summed E-state index contributed by atoms with van der Waals surface area (Å²) in [7, 11) is 4.42. The smallest absolute Gasteiger partial charge is 0.0469 e. The van der Waals surface area contributed by atoms with Crippen molar-refractivity contribution in [3.05, 3.63) is 0 Å². The van der Waals surface area contributed by atoms with E-state index in [9.17, 15) is 0 Å². The maximum atomic E-state index is 5.89. The highest BCUT2D eigenvalue weighted by atomic mass is 16.5. The molecule has 2 rings (SSSR count). The summed E-state index contributed by atoms with van der Waals surface area (Å²) in [6.07, 6.45) is 4.91. The molecule has 88 valence electrons. The molecule has 0 spiro atoms. The molecule has 0 aromatic rings. The second kappa shape index (κ2) is 4.81. The van der Waals surface area contributed by atoms with Gasteiger partial charge in [-0.25, -0.2) is 0 Å². The molecule has 1 unspecified atom stereocenters. The SMILES string of the molecule is CN(C)C(C1CCOCC1)C1CC(N)C1. The van der Waals surface area contributed by atoms with Crippen molar-refractivity contribution in [1.82, 2.24) is 4.90 Å². The molecule has 1 heterocycles. The van der Waals surface area contributed by atoms with Crippen molar-refractivity contribution in [2.24, 2.45) is 17.6 Å². The Kier molecular flexibility index (Phi) is 3.65. The zero-order chi connectivity index (χ0) is 10.8. The van der Waals surface area contributed by atoms with E-state index in [1.807, 2.05) is 0 Å². The van der Waals surface area contributed by atoms with Crippen molar-refractivity contribution in [1.29, 1.82) is 0 Å². The van der Waals surface area contributed by atoms with Gasteiger partial charge in [0.05, 0.1) is 0 Å². The minimum absolute atomic E-state index is 0.470. The Morgan fingerprint density at radius 2 is 1.73 bits per heavy atom. The Hall–Kier alpha value is -0.120. The fourth-order valence-electron chi connectivity index (χ4n) is 3.27. The molecule has 1 atom stereocenters. The van der Waals surface area contributed by atoms with Crippen LogP contribution in [0.3, 0.4) is 0 Å². The van der Waals surface area contributed by atoms with Crippen molar-refractivity contribution < 1.29 is 4.74 Å². The number of rotatable bonds is 3. The third-order valence-corrected chi connectivity index (χ3v) is 4.04. The van der Waals surface area contributed by atoms with Crippen LogP contribution in [0.25, 0.3) is 0 Å². The van der Waals surface area contributed by atoms with Gasteiger partial charge in [-0.05, 0) is 51.6 Å². The quantitative estimate of drug-likeness (QED) is 0.761. The first-order valence-corrected chi connectivity index (χ1v) is 6.18. The molecule has 0 bridgehead atoms. The second-order valence-electron chi connectivity index (χ2n) is 5.40. The zero-order valence-corrected chi connectivity index (χ0v) is 9.98. The van der Waals surface area contributed by atoms with E-state index in [0.29, 0.717) is 6.04 Å². The molecule has 2 N–H and O–H groups in total. The summed E-state index contributed by atoms with van der Waals surface area (Å²) >= 11 is 0. The van der Waals surface area contributed by atoms with Gasteiger partial charge >= 0.3 is 0 Å². The van der Waals surface area contributed by atoms with Crippen LogP contribution in [0.5, 0.6) is 0 Å². The highest BCUT2D eigenvalue weighted by Gasteiger charge is 2.38. The Bertz CT molecular complexity index is 196. The minimum Gasteiger partial charge on any atom is -0.381 e. The van der Waals surface area contributed by atoms with Crippen LogP contribution in [-0.2, 0) is 4.74 Å². The zero-order valence-electron chi connectivity index (χ0n) is 9.98. The fourth-order valence-corrected chi connectivity index (χ4v) is 3.27. The van der Waals surface area contributed by atoms with Crippen LogP contribution >= 0.6 is 0 Å². The van der Waals surface area contributed by atoms with E-state index >= 15 is 0 Å². The molecule has 2 fully saturated rings. The lowest BCUT2D eigenvalue weighted by atomic mass is 9.70. The standard InChI is InChI=1S/C12H24N2O/c1-14(2)12(10-7-11(13)8-10)9-3-5-15-6-4-9/h9-12H,3-8,13H2,1-2H3. The van der Waals surface area contributed by atoms with Gasteiger partial charge in [-0.3, -0.25) is 0 Å². The van der Waals surface area contributed by atoms with E-state index in [1.54, 1.807) is 0 Å². The van der Waals surface area contributed by atoms with Crippen molar-refractivity contribution >= 4 is 0 Å². The molecule has 0 radical (unpaired) electrons. The van der Waals surface area contributed by atoms with E-state index in [2.05, 4.69) is 19.0 Å². The summed E-state index contributed by atoms with van der Waals surface area (Å²) in [6, 6.07) is 1.20. The van der Waals surface area contributed by atoms with E-state index in [0.717, 1.165) is 31.1 Å². The number of hydrogen-bond acceptors (Lipinski definition) is 3. The van der Waals surface area contributed by atoms with E-state index < -0.39 is 0 Å². The number of ether oxygens (including phenoxy) is 1. The lowest BCUT2D eigenvalue weighted by molar-refractivity contribution is 0.00249. The van der Waals surface area contributed by atoms with Crippen molar-refractivity contribution in [2.75, 3.05) is 27.3 Å². The predicted molar refractivity (Wildman–Crippen MR) is 61.7 cm³/mol. The van der Waals surface area contributed by atoms with Crippen LogP contribution in [0.15, 0.2) is 0 Å². The van der Waals surface area contributed by atoms with Gasteiger partial charge in [-0.15, -0.1) is 0 Å². The van der Waals surface area contributed by atoms with Crippen LogP contribution in [0.1, 0.15) is 25.7 Å². The highest BCUT2D eigenvalue weighted by Crippen LogP contribution is 2.37. The van der Waals surface area contributed by atoms with Crippen LogP contribution in [-0.4, -0.2) is 44.3 Å². The largest absolute Gasteiger partial charge is 0.381 e. The topological polar surface area (TPSA) is 38.5 Å². The maximum Gasteiger partial charge on any atom is 0.0469 e. The molecular weight excluding hydrogens is 188 g/mol. The number of nitrogens with zero attached hydrogens (tertiary/aromatic N) is 1. The van der Waals surface area contributed by atoms with Gasteiger partial charge in [0.15, 0.2) is 0 Å². The minimum atomic E-state index is 0.470. The third kappa shape index (κ3) is 2.52. The third-order valence-electron chi connectivity index (χ3n) is 4.04. The summed E-state index contributed by atoms with van der Waals surface area (Å²) in [5.41, 5.74) is 5.89. The molecule has 0 aromatic heterocycles. The van der Waals surface area contributed by atoms with E-state index in [1.165, 1.54) is 25.7 Å². The van der Waals surface area contributed by atoms with Crippen molar-refractivity contribution in [2.45, 2.75) is 37.8 Å². The van der Waals surface area contributed by atoms with Crippen LogP contribution in [0.2, 0.25) is 0 Å². The van der Waals surface area contributed by atoms with Gasteiger partial charge in [0.2, 0.25) is 0 Å². The van der Waals surface area contributed by atoms with Crippen LogP contribution in [0.4, 0.5) is 0 Å². The first-order valence-electron chi connectivity index (χ1n) is 6.18. The number of hydrogen-bond donors (Lipinski definition) is 1. The second-order valence-corrected chi connectivity index (χ2v) is 5.40. The lowest BCUT2D eigenvalue weighted by Crippen LogP contribution is -2.51. The predicted octanol–water partition coefficient (Wildman–Crippen LogP) is 1.08. The van der Waals surface area contributed by atoms with Crippen molar-refractivity contribution in [3.8, 4) is 0 Å². The average Bonchev–Trinajstić information content (AvgIpc) is 2.17. The molecule has 2 aliphatic rings. The molecule has 1 saturated heterocycles. The van der Waals surface area contributed by atoms with Gasteiger partial charge in [-0.2, -0.15) is 0 Å². The molecule has 0 aromatic carbocycles. The summed E-state index contributed by atoms with van der Waals surface area (Å²) in [6.45, 7) is 1.90. The molecule has 1 aliphatic carbocycles. The molecule has 1 saturated carbocycles. The van der Waals surface area contributed by atoms with Gasteiger partial charge in [0.1, 0.15) is 0 Å². The normalized spacial score (nSPS) is 35.2. The number of nitrogens with two attached hydrogens (primary N) is 1. The first-order chi connectivity index (χ1) is 7.18. The molecule has 3 nitrogen and oxygen atoms in total. The molecule has 3 heteroatoms. The van der Waals surface area contributed by atoms with Crippen molar-refractivity contribution in [3.63, 3.8) is 0 Å². The Balaban J connectivity index is 1.92. The van der Waals surface area contributed by atoms with Gasteiger partial charge in [-0.1, -0.05) is 0 Å². The molecular formula is C12H24N2O. The average molecular weight is 212 g/mol. The van der Waals surface area contributed by atoms with Gasteiger partial charge < -0.3 is 15.4 Å². The van der Waals surface area contributed by atoms with Crippen LogP contribution < -0.4 is 5.73 Å². The summed E-state index contributed by atoms with van der Waals surface area (Å²) in [5, 5.41) is 0. The molecule has 0 amide bonds. The molecule has 1 aliphatic heterocycles. The Morgan fingerprint density at radius 1 is 1.13 bits per heavy atom. The summed E-state index contributed by atoms with van der Waals surface area (Å²) < 4.78 is 5.44. The summed E-state index contributed by atoms with van der Waals surface area (Å²) in [5.74, 6) is 1.66. The Labute approximate surface area is 93.0 Å². The van der Waals surface area contributed by atoms with Gasteiger partial charge in [0.25, 0.3) is 0 Å². The molecule has 15 heavy (non-hydrogen) atoms. The van der Waals surface area contributed by atoms with E-state index in [4.69, 9.17) is 10.5 Å². The van der Waals surface area contributed by atoms with E-state index in [-0.39, 0.29) is 0 Å². The maximum absolute atomic E-state index is 5.89. The first kappa shape index (κ1) is 11.4. The fraction of sp³-hybridized carbons (Fsp3) is 1.00. The Morgan fingerprint density at radius 3 is 2.20 bits per heavy atom. The highest BCUT2D eigenvalue weighted by molar-refractivity contribution is 4.93. The van der Waals surface area contributed by atoms with Crippen LogP contribution in [0, 0.1) is 11.8 Å². The monoisotopic (exact) mass is 212 g/mol. The lowest BCUT2D eigenvalue weighted by Gasteiger charge is -2.46.